The molecule has 1 aromatic heterocycles. The number of alkyl halides is 3. The highest BCUT2D eigenvalue weighted by Crippen LogP contribution is 2.31. The maximum absolute atomic E-state index is 12.2. The molecule has 0 amide bonds. The molecule has 0 atom stereocenters. The monoisotopic (exact) mass is 350 g/mol. The van der Waals surface area contributed by atoms with Gasteiger partial charge in [-0.25, -0.2) is 0 Å². The first-order valence-corrected chi connectivity index (χ1v) is 7.13. The number of nitrogens with zero attached hydrogens (tertiary/aromatic N) is 1. The van der Waals surface area contributed by atoms with E-state index in [1.807, 2.05) is 0 Å². The summed E-state index contributed by atoms with van der Waals surface area (Å²) in [5.41, 5.74) is 7.77. The predicted molar refractivity (Wildman–Crippen MR) is 85.0 cm³/mol. The Morgan fingerprint density at radius 3 is 2.44 bits per heavy atom. The van der Waals surface area contributed by atoms with Crippen molar-refractivity contribution in [3.63, 3.8) is 0 Å². The highest BCUT2D eigenvalue weighted by molar-refractivity contribution is 5.87. The molecule has 0 aliphatic rings. The van der Waals surface area contributed by atoms with Crippen molar-refractivity contribution in [1.82, 2.24) is 5.16 Å². The van der Waals surface area contributed by atoms with E-state index >= 15 is 0 Å². The van der Waals surface area contributed by atoms with Gasteiger partial charge < -0.3 is 19.7 Å². The Labute approximate surface area is 140 Å². The number of ether oxygens (including phenoxy) is 2. The van der Waals surface area contributed by atoms with Crippen LogP contribution < -0.4 is 15.2 Å². The summed E-state index contributed by atoms with van der Waals surface area (Å²) in [5, 5.41) is 4.44. The summed E-state index contributed by atoms with van der Waals surface area (Å²) >= 11 is 0. The van der Waals surface area contributed by atoms with Crippen LogP contribution in [0.1, 0.15) is 0 Å². The summed E-state index contributed by atoms with van der Waals surface area (Å²) in [6, 6.07) is 10.8. The average molecular weight is 350 g/mol. The lowest BCUT2D eigenvalue weighted by atomic mass is 10.0. The average Bonchev–Trinajstić information content (AvgIpc) is 2.94. The Morgan fingerprint density at radius 2 is 1.80 bits per heavy atom. The molecule has 0 saturated carbocycles. The Kier molecular flexibility index (Phi) is 4.26. The zero-order valence-electron chi connectivity index (χ0n) is 12.8. The van der Waals surface area contributed by atoms with E-state index in [4.69, 9.17) is 15.0 Å². The maximum atomic E-state index is 12.2. The third-order valence-corrected chi connectivity index (χ3v) is 3.25. The fourth-order valence-electron chi connectivity index (χ4n) is 2.21. The van der Waals surface area contributed by atoms with E-state index in [0.717, 1.165) is 5.56 Å². The van der Waals surface area contributed by atoms with Gasteiger partial charge in [-0.05, 0) is 40.5 Å². The number of benzene rings is 2. The molecular formula is C17H13F3N2O3. The van der Waals surface area contributed by atoms with Gasteiger partial charge in [-0.1, -0.05) is 24.8 Å². The Hall–Kier alpha value is -3.16. The topological polar surface area (TPSA) is 70.5 Å². The second kappa shape index (κ2) is 6.39. The van der Waals surface area contributed by atoms with Crippen LogP contribution in [0.3, 0.4) is 0 Å². The second-order valence-corrected chi connectivity index (χ2v) is 5.22. The van der Waals surface area contributed by atoms with E-state index in [1.54, 1.807) is 18.2 Å². The SMILES string of the molecule is C=C(N)COc1noc2ccc(-c3ccc(OC(F)(F)F)cc3)cc12. The minimum Gasteiger partial charge on any atom is -0.469 e. The number of hydrogen-bond donors (Lipinski definition) is 1. The molecule has 2 N–H and O–H groups in total. The van der Waals surface area contributed by atoms with Crippen LogP contribution in [-0.2, 0) is 0 Å². The molecule has 0 radical (unpaired) electrons. The molecular weight excluding hydrogens is 337 g/mol. The molecule has 0 aliphatic carbocycles. The third-order valence-electron chi connectivity index (χ3n) is 3.25. The number of halogens is 3. The van der Waals surface area contributed by atoms with Gasteiger partial charge in [-0.2, -0.15) is 0 Å². The lowest BCUT2D eigenvalue weighted by Gasteiger charge is -2.09. The number of aromatic nitrogens is 1. The van der Waals surface area contributed by atoms with Crippen LogP contribution in [0.2, 0.25) is 0 Å². The standard InChI is InChI=1S/C17H13F3N2O3/c1-10(21)9-23-16-14-8-12(4-7-15(14)25-22-16)11-2-5-13(6-3-11)24-17(18,19)20/h2-8H,1,9,21H2. The van der Waals surface area contributed by atoms with Gasteiger partial charge >= 0.3 is 6.36 Å². The zero-order chi connectivity index (χ0) is 18.0. The van der Waals surface area contributed by atoms with E-state index in [1.165, 1.54) is 24.3 Å². The molecule has 0 fully saturated rings. The van der Waals surface area contributed by atoms with Gasteiger partial charge in [-0.15, -0.1) is 13.2 Å². The van der Waals surface area contributed by atoms with Gasteiger partial charge in [-0.3, -0.25) is 0 Å². The first-order chi connectivity index (χ1) is 11.8. The molecule has 130 valence electrons. The molecule has 0 aliphatic heterocycles. The summed E-state index contributed by atoms with van der Waals surface area (Å²) in [4.78, 5) is 0. The number of nitrogens with two attached hydrogens (primary N) is 1. The maximum Gasteiger partial charge on any atom is 0.573 e. The molecule has 0 spiro atoms. The Balaban J connectivity index is 1.88. The molecule has 5 nitrogen and oxygen atoms in total. The largest absolute Gasteiger partial charge is 0.573 e. The molecule has 3 aromatic rings. The van der Waals surface area contributed by atoms with Crippen molar-refractivity contribution < 1.29 is 27.2 Å². The van der Waals surface area contributed by atoms with Crippen molar-refractivity contribution in [3.8, 4) is 22.8 Å². The summed E-state index contributed by atoms with van der Waals surface area (Å²) in [5.74, 6) is -0.0201. The quantitative estimate of drug-likeness (QED) is 0.745. The van der Waals surface area contributed by atoms with Crippen LogP contribution in [0.15, 0.2) is 59.3 Å². The Morgan fingerprint density at radius 1 is 1.12 bits per heavy atom. The van der Waals surface area contributed by atoms with Crippen molar-refractivity contribution in [2.24, 2.45) is 5.73 Å². The van der Waals surface area contributed by atoms with Crippen LogP contribution in [-0.4, -0.2) is 18.1 Å². The lowest BCUT2D eigenvalue weighted by molar-refractivity contribution is -0.274. The normalized spacial score (nSPS) is 11.5. The van der Waals surface area contributed by atoms with E-state index in [-0.39, 0.29) is 18.2 Å². The van der Waals surface area contributed by atoms with Crippen molar-refractivity contribution in [1.29, 1.82) is 0 Å². The minimum atomic E-state index is -4.72. The van der Waals surface area contributed by atoms with Gasteiger partial charge in [0.25, 0.3) is 5.88 Å². The smallest absolute Gasteiger partial charge is 0.469 e. The first kappa shape index (κ1) is 16.7. The van der Waals surface area contributed by atoms with Gasteiger partial charge in [0.2, 0.25) is 0 Å². The van der Waals surface area contributed by atoms with Gasteiger partial charge in [0.1, 0.15) is 12.4 Å². The minimum absolute atomic E-state index is 0.0926. The Bertz CT molecular complexity index is 902. The molecule has 0 saturated heterocycles. The van der Waals surface area contributed by atoms with Crippen LogP contribution in [0.25, 0.3) is 22.1 Å². The van der Waals surface area contributed by atoms with Crippen molar-refractivity contribution in [3.05, 3.63) is 54.7 Å². The molecule has 1 heterocycles. The summed E-state index contributed by atoms with van der Waals surface area (Å²) in [6.07, 6.45) is -4.72. The molecule has 25 heavy (non-hydrogen) atoms. The molecule has 0 unspecified atom stereocenters. The second-order valence-electron chi connectivity index (χ2n) is 5.22. The van der Waals surface area contributed by atoms with Gasteiger partial charge in [0.05, 0.1) is 5.39 Å². The lowest BCUT2D eigenvalue weighted by Crippen LogP contribution is -2.16. The van der Waals surface area contributed by atoms with Gasteiger partial charge in [0.15, 0.2) is 5.58 Å². The van der Waals surface area contributed by atoms with E-state index in [0.29, 0.717) is 22.2 Å². The first-order valence-electron chi connectivity index (χ1n) is 7.13. The van der Waals surface area contributed by atoms with E-state index < -0.39 is 6.36 Å². The third kappa shape index (κ3) is 4.03. The summed E-state index contributed by atoms with van der Waals surface area (Å²) < 4.78 is 51.1. The summed E-state index contributed by atoms with van der Waals surface area (Å²) in [6.45, 7) is 3.63. The number of fused-ring (bicyclic) bond motifs is 1. The molecule has 2 aromatic carbocycles. The molecule has 0 bridgehead atoms. The van der Waals surface area contributed by atoms with Crippen LogP contribution in [0.5, 0.6) is 11.6 Å². The number of hydrogen-bond acceptors (Lipinski definition) is 5. The molecule has 8 heteroatoms. The zero-order valence-corrected chi connectivity index (χ0v) is 12.8. The van der Waals surface area contributed by atoms with Crippen LogP contribution in [0.4, 0.5) is 13.2 Å². The van der Waals surface area contributed by atoms with E-state index in [2.05, 4.69) is 16.5 Å². The van der Waals surface area contributed by atoms with Crippen molar-refractivity contribution in [2.45, 2.75) is 6.36 Å². The van der Waals surface area contributed by atoms with Crippen molar-refractivity contribution in [2.75, 3.05) is 6.61 Å². The van der Waals surface area contributed by atoms with Crippen LogP contribution in [0, 0.1) is 0 Å². The predicted octanol–water partition coefficient (Wildman–Crippen LogP) is 4.24. The van der Waals surface area contributed by atoms with Crippen molar-refractivity contribution >= 4 is 11.0 Å². The van der Waals surface area contributed by atoms with Gasteiger partial charge in [0, 0.05) is 5.70 Å². The fourth-order valence-corrected chi connectivity index (χ4v) is 2.21. The van der Waals surface area contributed by atoms with E-state index in [9.17, 15) is 13.2 Å². The highest BCUT2D eigenvalue weighted by atomic mass is 19.4. The molecule has 3 rings (SSSR count). The number of rotatable bonds is 5. The highest BCUT2D eigenvalue weighted by Gasteiger charge is 2.30. The fraction of sp³-hybridized carbons (Fsp3) is 0.118. The van der Waals surface area contributed by atoms with Crippen LogP contribution >= 0.6 is 0 Å². The summed E-state index contributed by atoms with van der Waals surface area (Å²) in [7, 11) is 0.